The molecule has 6 aromatic rings. The van der Waals surface area contributed by atoms with Gasteiger partial charge in [-0.1, -0.05) is 54.6 Å². The smallest absolute Gasteiger partial charge is 0.255 e. The van der Waals surface area contributed by atoms with Crippen LogP contribution in [0.5, 0.6) is 0 Å². The van der Waals surface area contributed by atoms with Crippen LogP contribution in [0.15, 0.2) is 115 Å². The van der Waals surface area contributed by atoms with Gasteiger partial charge in [-0.25, -0.2) is 9.97 Å². The van der Waals surface area contributed by atoms with Crippen molar-refractivity contribution < 1.29 is 9.59 Å². The van der Waals surface area contributed by atoms with Crippen molar-refractivity contribution in [3.8, 4) is 11.3 Å². The molecule has 6 rings (SSSR count). The van der Waals surface area contributed by atoms with E-state index in [9.17, 15) is 9.59 Å². The SMILES string of the molecule is CN(C)C/C=C/C(=O)Nc1ccc(C(=O)Nc2cccc(Cc3nc(-c4c[nH]c5ccccc45)c4ccccc4n3)c2)cc1. The van der Waals surface area contributed by atoms with Crippen molar-refractivity contribution >= 4 is 45.0 Å². The van der Waals surface area contributed by atoms with E-state index in [2.05, 4.69) is 33.8 Å². The topological polar surface area (TPSA) is 103 Å². The Labute approximate surface area is 255 Å². The minimum absolute atomic E-state index is 0.218. The van der Waals surface area contributed by atoms with E-state index in [1.807, 2.05) is 79.8 Å². The van der Waals surface area contributed by atoms with Crippen molar-refractivity contribution in [3.63, 3.8) is 0 Å². The number of nitrogens with one attached hydrogen (secondary N) is 3. The summed E-state index contributed by atoms with van der Waals surface area (Å²) in [6.07, 6.45) is 5.80. The maximum absolute atomic E-state index is 13.0. The number of likely N-dealkylation sites (N-methyl/N-ethyl adjacent to an activating group) is 1. The van der Waals surface area contributed by atoms with Crippen LogP contribution in [0.25, 0.3) is 33.1 Å². The number of amides is 2. The van der Waals surface area contributed by atoms with Gasteiger partial charge in [-0.2, -0.15) is 0 Å². The summed E-state index contributed by atoms with van der Waals surface area (Å²) in [5.74, 6) is 0.237. The molecule has 4 aromatic carbocycles. The predicted molar refractivity (Wildman–Crippen MR) is 177 cm³/mol. The average Bonchev–Trinajstić information content (AvgIpc) is 3.45. The number of para-hydroxylation sites is 2. The maximum Gasteiger partial charge on any atom is 0.255 e. The van der Waals surface area contributed by atoms with E-state index in [0.29, 0.717) is 35.7 Å². The monoisotopic (exact) mass is 580 g/mol. The zero-order valence-electron chi connectivity index (χ0n) is 24.5. The molecule has 0 aliphatic carbocycles. The number of benzene rings is 4. The molecule has 0 saturated heterocycles. The van der Waals surface area contributed by atoms with Gasteiger partial charge in [0.05, 0.1) is 11.2 Å². The summed E-state index contributed by atoms with van der Waals surface area (Å²) in [4.78, 5) is 40.3. The Morgan fingerprint density at radius 3 is 2.41 bits per heavy atom. The number of H-pyrrole nitrogens is 1. The molecule has 0 atom stereocenters. The lowest BCUT2D eigenvalue weighted by Gasteiger charge is -2.10. The number of carbonyl (C=O) groups is 2. The summed E-state index contributed by atoms with van der Waals surface area (Å²) in [5.41, 5.74) is 6.61. The molecule has 3 N–H and O–H groups in total. The maximum atomic E-state index is 13.0. The zero-order chi connectivity index (χ0) is 30.5. The highest BCUT2D eigenvalue weighted by Gasteiger charge is 2.14. The van der Waals surface area contributed by atoms with Crippen LogP contribution >= 0.6 is 0 Å². The van der Waals surface area contributed by atoms with E-state index in [1.165, 1.54) is 6.08 Å². The zero-order valence-corrected chi connectivity index (χ0v) is 24.5. The van der Waals surface area contributed by atoms with Crippen LogP contribution in [0.4, 0.5) is 11.4 Å². The number of aromatic nitrogens is 3. The van der Waals surface area contributed by atoms with Crippen molar-refractivity contribution in [2.45, 2.75) is 6.42 Å². The Balaban J connectivity index is 1.17. The summed E-state index contributed by atoms with van der Waals surface area (Å²) >= 11 is 0. The van der Waals surface area contributed by atoms with Crippen molar-refractivity contribution in [1.29, 1.82) is 0 Å². The van der Waals surface area contributed by atoms with Crippen molar-refractivity contribution in [3.05, 3.63) is 132 Å². The van der Waals surface area contributed by atoms with Gasteiger partial charge in [-0.3, -0.25) is 9.59 Å². The van der Waals surface area contributed by atoms with Crippen molar-refractivity contribution in [1.82, 2.24) is 19.9 Å². The summed E-state index contributed by atoms with van der Waals surface area (Å²) in [5, 5.41) is 7.89. The van der Waals surface area contributed by atoms with E-state index >= 15 is 0 Å². The summed E-state index contributed by atoms with van der Waals surface area (Å²) in [7, 11) is 3.87. The number of rotatable bonds is 9. The molecule has 2 amide bonds. The van der Waals surface area contributed by atoms with Crippen LogP contribution in [0.3, 0.4) is 0 Å². The van der Waals surface area contributed by atoms with Gasteiger partial charge in [0.2, 0.25) is 5.91 Å². The Bertz CT molecular complexity index is 1990. The van der Waals surface area contributed by atoms with Gasteiger partial charge in [0.25, 0.3) is 5.91 Å². The molecule has 218 valence electrons. The van der Waals surface area contributed by atoms with Crippen molar-refractivity contribution in [2.24, 2.45) is 0 Å². The normalized spacial score (nSPS) is 11.4. The second kappa shape index (κ2) is 12.7. The summed E-state index contributed by atoms with van der Waals surface area (Å²) in [6.45, 7) is 0.676. The van der Waals surface area contributed by atoms with Gasteiger partial charge >= 0.3 is 0 Å². The minimum atomic E-state index is -0.241. The molecule has 44 heavy (non-hydrogen) atoms. The molecule has 0 fully saturated rings. The molecule has 0 spiro atoms. The molecular formula is C36H32N6O2. The van der Waals surface area contributed by atoms with E-state index in [4.69, 9.17) is 9.97 Å². The Morgan fingerprint density at radius 1 is 0.818 bits per heavy atom. The number of aromatic amines is 1. The lowest BCUT2D eigenvalue weighted by Crippen LogP contribution is -2.14. The first-order valence-corrected chi connectivity index (χ1v) is 14.4. The van der Waals surface area contributed by atoms with Crippen LogP contribution in [-0.2, 0) is 11.2 Å². The predicted octanol–water partition coefficient (Wildman–Crippen LogP) is 6.68. The Morgan fingerprint density at radius 2 is 1.59 bits per heavy atom. The van der Waals surface area contributed by atoms with Gasteiger partial charge in [0, 0.05) is 64.0 Å². The molecule has 0 radical (unpaired) electrons. The molecular weight excluding hydrogens is 548 g/mol. The largest absolute Gasteiger partial charge is 0.360 e. The molecule has 8 heteroatoms. The van der Waals surface area contributed by atoms with E-state index in [1.54, 1.807) is 30.3 Å². The van der Waals surface area contributed by atoms with Crippen molar-refractivity contribution in [2.75, 3.05) is 31.3 Å². The molecule has 0 aliphatic heterocycles. The Hall–Kier alpha value is -5.60. The van der Waals surface area contributed by atoms with Crippen LogP contribution in [0, 0.1) is 0 Å². The van der Waals surface area contributed by atoms with Crippen LogP contribution in [0.1, 0.15) is 21.7 Å². The Kier molecular flexibility index (Phi) is 8.25. The highest BCUT2D eigenvalue weighted by molar-refractivity contribution is 6.05. The molecule has 2 aromatic heterocycles. The number of carbonyl (C=O) groups excluding carboxylic acids is 2. The fourth-order valence-corrected chi connectivity index (χ4v) is 5.08. The molecule has 0 unspecified atom stereocenters. The highest BCUT2D eigenvalue weighted by atomic mass is 16.2. The van der Waals surface area contributed by atoms with Crippen LogP contribution in [0.2, 0.25) is 0 Å². The number of anilines is 2. The summed E-state index contributed by atoms with van der Waals surface area (Å²) < 4.78 is 0. The third-order valence-electron chi connectivity index (χ3n) is 7.20. The van der Waals surface area contributed by atoms with E-state index in [-0.39, 0.29) is 11.8 Å². The number of nitrogens with zero attached hydrogens (tertiary/aromatic N) is 3. The number of hydrogen-bond donors (Lipinski definition) is 3. The van der Waals surface area contributed by atoms with Crippen LogP contribution < -0.4 is 10.6 Å². The standard InChI is InChI=1S/C36H32N6O2/c1-42(2)20-8-15-34(43)38-26-18-16-25(17-19-26)36(44)39-27-10-7-9-24(21-27)22-33-40-32-14-6-4-12-29(32)35(41-33)30-23-37-31-13-5-3-11-28(30)31/h3-19,21,23,37H,20,22H2,1-2H3,(H,38,43)(H,39,44)/b15-8+. The molecule has 0 saturated carbocycles. The number of hydrogen-bond acceptors (Lipinski definition) is 5. The van der Waals surface area contributed by atoms with Gasteiger partial charge in [-0.05, 0) is 68.2 Å². The fraction of sp³-hybridized carbons (Fsp3) is 0.111. The third-order valence-corrected chi connectivity index (χ3v) is 7.20. The molecule has 0 aliphatic rings. The minimum Gasteiger partial charge on any atom is -0.360 e. The van der Waals surface area contributed by atoms with Gasteiger partial charge < -0.3 is 20.5 Å². The lowest BCUT2D eigenvalue weighted by atomic mass is 10.0. The van der Waals surface area contributed by atoms with E-state index < -0.39 is 0 Å². The van der Waals surface area contributed by atoms with Gasteiger partial charge in [-0.15, -0.1) is 0 Å². The average molecular weight is 581 g/mol. The fourth-order valence-electron chi connectivity index (χ4n) is 5.08. The second-order valence-corrected chi connectivity index (χ2v) is 10.8. The third kappa shape index (κ3) is 6.56. The van der Waals surface area contributed by atoms with Gasteiger partial charge in [0.1, 0.15) is 5.82 Å². The van der Waals surface area contributed by atoms with Crippen LogP contribution in [-0.4, -0.2) is 52.3 Å². The van der Waals surface area contributed by atoms with E-state index in [0.717, 1.165) is 38.6 Å². The molecule has 8 nitrogen and oxygen atoms in total. The second-order valence-electron chi connectivity index (χ2n) is 10.8. The lowest BCUT2D eigenvalue weighted by molar-refractivity contribution is -0.111. The first kappa shape index (κ1) is 28.5. The highest BCUT2D eigenvalue weighted by Crippen LogP contribution is 2.32. The summed E-state index contributed by atoms with van der Waals surface area (Å²) in [6, 6.07) is 30.8. The quantitative estimate of drug-likeness (QED) is 0.166. The first-order valence-electron chi connectivity index (χ1n) is 14.4. The molecule has 0 bridgehead atoms. The van der Waals surface area contributed by atoms with Gasteiger partial charge in [0.15, 0.2) is 0 Å². The molecule has 2 heterocycles. The number of fused-ring (bicyclic) bond motifs is 2. The first-order chi connectivity index (χ1) is 21.4.